The third-order valence-corrected chi connectivity index (χ3v) is 4.59. The van der Waals surface area contributed by atoms with Crippen LogP contribution < -0.4 is 5.32 Å². The van der Waals surface area contributed by atoms with Crippen LogP contribution in [-0.4, -0.2) is 35.2 Å². The Morgan fingerprint density at radius 2 is 1.59 bits per heavy atom. The van der Waals surface area contributed by atoms with Gasteiger partial charge in [-0.05, 0) is 30.2 Å². The number of esters is 1. The van der Waals surface area contributed by atoms with Gasteiger partial charge >= 0.3 is 5.97 Å². The monoisotopic (exact) mass is 462 g/mol. The van der Waals surface area contributed by atoms with E-state index in [1.54, 1.807) is 38.1 Å². The summed E-state index contributed by atoms with van der Waals surface area (Å²) < 4.78 is 5.91. The number of nitrogens with zero attached hydrogens (tertiary/aromatic N) is 1. The predicted octanol–water partition coefficient (Wildman–Crippen LogP) is 3.54. The lowest BCUT2D eigenvalue weighted by atomic mass is 10.0. The fourth-order valence-electron chi connectivity index (χ4n) is 2.40. The molecule has 0 spiro atoms. The molecule has 0 radical (unpaired) electrons. The molecule has 1 atom stereocenters. The van der Waals surface area contributed by atoms with Gasteiger partial charge in [-0.2, -0.15) is 0 Å². The number of carbonyl (C=O) groups excluding carboxylic acids is 3. The second kappa shape index (κ2) is 9.92. The Morgan fingerprint density at radius 3 is 2.10 bits per heavy atom. The topological polar surface area (TPSA) is 116 Å². The maximum atomic E-state index is 12.4. The highest BCUT2D eigenvalue weighted by molar-refractivity contribution is 9.10. The Morgan fingerprint density at radius 1 is 1.03 bits per heavy atom. The molecule has 152 valence electrons. The minimum Gasteiger partial charge on any atom is -0.456 e. The molecule has 2 aromatic carbocycles. The SMILES string of the molecule is CC(C)[C@H](NC(=O)c1ccc([N+](=O)[O-])cc1)C(=O)OCC(=O)c1ccc(Br)cc1. The van der Waals surface area contributed by atoms with Gasteiger partial charge in [-0.15, -0.1) is 0 Å². The number of non-ortho nitro benzene ring substituents is 1. The number of nitro benzene ring substituents is 1. The average molecular weight is 463 g/mol. The summed E-state index contributed by atoms with van der Waals surface area (Å²) in [5, 5.41) is 13.2. The van der Waals surface area contributed by atoms with E-state index in [1.807, 2.05) is 0 Å². The van der Waals surface area contributed by atoms with E-state index < -0.39 is 29.4 Å². The number of rotatable bonds is 8. The highest BCUT2D eigenvalue weighted by atomic mass is 79.9. The molecule has 0 fully saturated rings. The molecule has 8 nitrogen and oxygen atoms in total. The zero-order valence-corrected chi connectivity index (χ0v) is 17.3. The molecule has 0 heterocycles. The van der Waals surface area contributed by atoms with E-state index in [0.717, 1.165) is 4.47 Å². The van der Waals surface area contributed by atoms with Crippen LogP contribution in [0, 0.1) is 16.0 Å². The number of carbonyl (C=O) groups is 3. The van der Waals surface area contributed by atoms with Gasteiger partial charge in [-0.1, -0.05) is 41.9 Å². The zero-order valence-electron chi connectivity index (χ0n) is 15.8. The van der Waals surface area contributed by atoms with E-state index >= 15 is 0 Å². The zero-order chi connectivity index (χ0) is 21.6. The summed E-state index contributed by atoms with van der Waals surface area (Å²) >= 11 is 3.27. The summed E-state index contributed by atoms with van der Waals surface area (Å²) in [5.74, 6) is -1.97. The lowest BCUT2D eigenvalue weighted by molar-refractivity contribution is -0.384. The van der Waals surface area contributed by atoms with Gasteiger partial charge in [0, 0.05) is 27.7 Å². The fourth-order valence-corrected chi connectivity index (χ4v) is 2.67. The Balaban J connectivity index is 1.99. The molecular formula is C20H19BrN2O6. The number of ketones is 1. The number of benzene rings is 2. The summed E-state index contributed by atoms with van der Waals surface area (Å²) in [4.78, 5) is 47.1. The van der Waals surface area contributed by atoms with Crippen LogP contribution in [0.2, 0.25) is 0 Å². The summed E-state index contributed by atoms with van der Waals surface area (Å²) in [5.41, 5.74) is 0.421. The van der Waals surface area contributed by atoms with E-state index in [0.29, 0.717) is 5.56 Å². The Labute approximate surface area is 175 Å². The Kier molecular flexibility index (Phi) is 7.60. The van der Waals surface area contributed by atoms with Crippen molar-refractivity contribution in [2.75, 3.05) is 6.61 Å². The van der Waals surface area contributed by atoms with Crippen molar-refractivity contribution in [3.8, 4) is 0 Å². The quantitative estimate of drug-likeness (QED) is 0.277. The average Bonchev–Trinajstić information content (AvgIpc) is 2.70. The number of nitro groups is 1. The maximum Gasteiger partial charge on any atom is 0.329 e. The van der Waals surface area contributed by atoms with Crippen LogP contribution >= 0.6 is 15.9 Å². The van der Waals surface area contributed by atoms with Gasteiger partial charge in [-0.3, -0.25) is 19.7 Å². The first-order valence-corrected chi connectivity index (χ1v) is 9.49. The van der Waals surface area contributed by atoms with Crippen molar-refractivity contribution in [3.63, 3.8) is 0 Å². The number of nitrogens with one attached hydrogen (secondary N) is 1. The highest BCUT2D eigenvalue weighted by Gasteiger charge is 2.27. The minimum absolute atomic E-state index is 0.146. The number of halogens is 1. The van der Waals surface area contributed by atoms with Crippen LogP contribution in [0.3, 0.4) is 0 Å². The molecular weight excluding hydrogens is 444 g/mol. The lowest BCUT2D eigenvalue weighted by Crippen LogP contribution is -2.45. The van der Waals surface area contributed by atoms with Crippen LogP contribution in [0.1, 0.15) is 34.6 Å². The minimum atomic E-state index is -0.976. The van der Waals surface area contributed by atoms with Crippen LogP contribution in [0.4, 0.5) is 5.69 Å². The molecule has 0 saturated heterocycles. The van der Waals surface area contributed by atoms with E-state index in [1.165, 1.54) is 24.3 Å². The molecule has 0 aliphatic carbocycles. The third kappa shape index (κ3) is 6.21. The van der Waals surface area contributed by atoms with Crippen molar-refractivity contribution in [1.29, 1.82) is 0 Å². The van der Waals surface area contributed by atoms with Crippen molar-refractivity contribution < 1.29 is 24.0 Å². The normalized spacial score (nSPS) is 11.6. The summed E-state index contributed by atoms with van der Waals surface area (Å²) in [6.45, 7) is 2.99. The number of ether oxygens (including phenoxy) is 1. The number of hydrogen-bond acceptors (Lipinski definition) is 6. The standard InChI is InChI=1S/C20H19BrN2O6/c1-12(2)18(22-19(25)14-5-9-16(10-6-14)23(27)28)20(26)29-11-17(24)13-3-7-15(21)8-4-13/h3-10,12,18H,11H2,1-2H3,(H,22,25)/t18-/m0/s1. The van der Waals surface area contributed by atoms with Gasteiger partial charge in [-0.25, -0.2) is 4.79 Å². The molecule has 0 bridgehead atoms. The maximum absolute atomic E-state index is 12.4. The van der Waals surface area contributed by atoms with Crippen LogP contribution in [-0.2, 0) is 9.53 Å². The van der Waals surface area contributed by atoms with E-state index in [-0.39, 0.29) is 23.0 Å². The van der Waals surface area contributed by atoms with Crippen LogP contribution in [0.5, 0.6) is 0 Å². The van der Waals surface area contributed by atoms with E-state index in [2.05, 4.69) is 21.2 Å². The number of Topliss-reactive ketones (excluding diaryl/α,β-unsaturated/α-hetero) is 1. The molecule has 1 amide bonds. The van der Waals surface area contributed by atoms with Gasteiger partial charge in [0.05, 0.1) is 4.92 Å². The van der Waals surface area contributed by atoms with Crippen molar-refractivity contribution in [2.24, 2.45) is 5.92 Å². The van der Waals surface area contributed by atoms with E-state index in [9.17, 15) is 24.5 Å². The second-order valence-corrected chi connectivity index (χ2v) is 7.45. The highest BCUT2D eigenvalue weighted by Crippen LogP contribution is 2.14. The molecule has 9 heteroatoms. The smallest absolute Gasteiger partial charge is 0.329 e. The van der Waals surface area contributed by atoms with Crippen molar-refractivity contribution in [3.05, 3.63) is 74.2 Å². The Hall–Kier alpha value is -3.07. The number of hydrogen-bond donors (Lipinski definition) is 1. The molecule has 1 N–H and O–H groups in total. The molecule has 2 rings (SSSR count). The predicted molar refractivity (Wildman–Crippen MR) is 109 cm³/mol. The van der Waals surface area contributed by atoms with Gasteiger partial charge in [0.15, 0.2) is 12.4 Å². The first-order chi connectivity index (χ1) is 13.7. The molecule has 0 aliphatic heterocycles. The van der Waals surface area contributed by atoms with Gasteiger partial charge in [0.2, 0.25) is 0 Å². The molecule has 0 unspecified atom stereocenters. The van der Waals surface area contributed by atoms with Crippen molar-refractivity contribution in [1.82, 2.24) is 5.32 Å². The van der Waals surface area contributed by atoms with Crippen LogP contribution in [0.25, 0.3) is 0 Å². The summed E-state index contributed by atoms with van der Waals surface area (Å²) in [6, 6.07) is 10.7. The van der Waals surface area contributed by atoms with Crippen molar-refractivity contribution >= 4 is 39.3 Å². The lowest BCUT2D eigenvalue weighted by Gasteiger charge is -2.20. The van der Waals surface area contributed by atoms with E-state index in [4.69, 9.17) is 4.74 Å². The molecule has 0 aliphatic rings. The van der Waals surface area contributed by atoms with Gasteiger partial charge in [0.25, 0.3) is 11.6 Å². The number of amides is 1. The van der Waals surface area contributed by atoms with Gasteiger partial charge in [0.1, 0.15) is 6.04 Å². The molecule has 29 heavy (non-hydrogen) atoms. The molecule has 0 saturated carbocycles. The first kappa shape index (κ1) is 22.2. The summed E-state index contributed by atoms with van der Waals surface area (Å²) in [6.07, 6.45) is 0. The summed E-state index contributed by atoms with van der Waals surface area (Å²) in [7, 11) is 0. The molecule has 0 aromatic heterocycles. The molecule has 2 aromatic rings. The third-order valence-electron chi connectivity index (χ3n) is 4.06. The largest absolute Gasteiger partial charge is 0.456 e. The Bertz CT molecular complexity index is 910. The van der Waals surface area contributed by atoms with Crippen LogP contribution in [0.15, 0.2) is 53.0 Å². The second-order valence-electron chi connectivity index (χ2n) is 6.54. The first-order valence-electron chi connectivity index (χ1n) is 8.69. The van der Waals surface area contributed by atoms with Crippen molar-refractivity contribution in [2.45, 2.75) is 19.9 Å². The van der Waals surface area contributed by atoms with Gasteiger partial charge < -0.3 is 10.1 Å². The fraction of sp³-hybridized carbons (Fsp3) is 0.250.